The molecule has 2 aliphatic heterocycles. The van der Waals surface area contributed by atoms with Crippen molar-refractivity contribution < 1.29 is 18.6 Å². The maximum atomic E-state index is 13.6. The van der Waals surface area contributed by atoms with Crippen molar-refractivity contribution in [2.45, 2.75) is 24.9 Å². The Morgan fingerprint density at radius 3 is 2.57 bits per heavy atom. The average Bonchev–Trinajstić information content (AvgIpc) is 3.05. The van der Waals surface area contributed by atoms with Crippen molar-refractivity contribution in [3.05, 3.63) is 81.7 Å². The Bertz CT molecular complexity index is 1790. The summed E-state index contributed by atoms with van der Waals surface area (Å²) in [6.45, 7) is 4.42. The molecule has 1 aromatic heterocycles. The summed E-state index contributed by atoms with van der Waals surface area (Å²) in [4.78, 5) is 9.13. The summed E-state index contributed by atoms with van der Waals surface area (Å²) in [5.41, 5.74) is 2.86. The van der Waals surface area contributed by atoms with Gasteiger partial charge in [-0.15, -0.1) is 11.6 Å². The van der Waals surface area contributed by atoms with Crippen LogP contribution in [0.2, 0.25) is 10.0 Å². The van der Waals surface area contributed by atoms with E-state index >= 15 is 0 Å². The van der Waals surface area contributed by atoms with Gasteiger partial charge >= 0.3 is 0 Å². The number of alkyl halides is 1. The number of nitrogens with one attached hydrogen (secondary N) is 1. The molecule has 240 valence electrons. The number of piperidine rings is 1. The van der Waals surface area contributed by atoms with Crippen molar-refractivity contribution in [1.82, 2.24) is 14.8 Å². The van der Waals surface area contributed by atoms with Gasteiger partial charge in [0.05, 0.1) is 45.1 Å². The van der Waals surface area contributed by atoms with Gasteiger partial charge in [0.15, 0.2) is 11.5 Å². The number of nitrogens with zero attached hydrogens (tertiary/aromatic N) is 4. The van der Waals surface area contributed by atoms with E-state index in [2.05, 4.69) is 33.2 Å². The standard InChI is InChI=1S/C34H33Cl3FN5O3/c1-42-20-34(33(42)37)6-8-43(9-7-34)10-11-45-31-15-27-24(13-30(31)44-2)32(22(17-39)18-40-27)41-28-16-29(26(36)14-25(28)35)46-19-21-4-3-5-23(38)12-21/h3-5,12-16,18,33H,6-11,19-20H2,1-2H3,(H,40,41). The molecule has 0 amide bonds. The summed E-state index contributed by atoms with van der Waals surface area (Å²) in [6, 6.07) is 15.1. The number of rotatable bonds is 10. The van der Waals surface area contributed by atoms with Crippen molar-refractivity contribution in [3.63, 3.8) is 0 Å². The minimum Gasteiger partial charge on any atom is -0.493 e. The molecular weight excluding hydrogens is 652 g/mol. The Hall–Kier alpha value is -3.52. The minimum absolute atomic E-state index is 0.101. The number of halogens is 4. The molecule has 2 saturated heterocycles. The third-order valence-electron chi connectivity index (χ3n) is 8.81. The number of benzene rings is 3. The van der Waals surface area contributed by atoms with Crippen LogP contribution >= 0.6 is 34.8 Å². The number of ether oxygens (including phenoxy) is 3. The van der Waals surface area contributed by atoms with E-state index in [-0.39, 0.29) is 23.3 Å². The Labute approximate surface area is 282 Å². The van der Waals surface area contributed by atoms with Gasteiger partial charge in [-0.1, -0.05) is 35.3 Å². The molecule has 2 aliphatic rings. The second-order valence-corrected chi connectivity index (χ2v) is 13.0. The molecule has 12 heteroatoms. The van der Waals surface area contributed by atoms with E-state index in [1.165, 1.54) is 18.3 Å². The first-order valence-corrected chi connectivity index (χ1v) is 16.1. The van der Waals surface area contributed by atoms with E-state index in [4.69, 9.17) is 49.0 Å². The second kappa shape index (κ2) is 13.7. The molecule has 46 heavy (non-hydrogen) atoms. The molecule has 0 saturated carbocycles. The van der Waals surface area contributed by atoms with Crippen LogP contribution in [-0.4, -0.2) is 67.2 Å². The van der Waals surface area contributed by atoms with Gasteiger partial charge in [0.1, 0.15) is 30.8 Å². The van der Waals surface area contributed by atoms with Crippen LogP contribution in [0.3, 0.4) is 0 Å². The lowest BCUT2D eigenvalue weighted by Gasteiger charge is -2.56. The fourth-order valence-corrected chi connectivity index (χ4v) is 7.10. The van der Waals surface area contributed by atoms with Crippen LogP contribution in [-0.2, 0) is 6.61 Å². The zero-order chi connectivity index (χ0) is 32.4. The lowest BCUT2D eigenvalue weighted by Crippen LogP contribution is -2.63. The van der Waals surface area contributed by atoms with Crippen LogP contribution in [0.5, 0.6) is 17.2 Å². The third kappa shape index (κ3) is 6.64. The fourth-order valence-electron chi connectivity index (χ4n) is 6.26. The van der Waals surface area contributed by atoms with Gasteiger partial charge in [0, 0.05) is 42.2 Å². The van der Waals surface area contributed by atoms with Crippen molar-refractivity contribution in [1.29, 1.82) is 5.26 Å². The van der Waals surface area contributed by atoms with E-state index in [9.17, 15) is 9.65 Å². The first kappa shape index (κ1) is 32.4. The molecule has 0 bridgehead atoms. The minimum atomic E-state index is -0.356. The molecule has 0 aliphatic carbocycles. The van der Waals surface area contributed by atoms with Crippen molar-refractivity contribution in [2.24, 2.45) is 5.41 Å². The van der Waals surface area contributed by atoms with Gasteiger partial charge in [0.2, 0.25) is 0 Å². The van der Waals surface area contributed by atoms with E-state index < -0.39 is 0 Å². The zero-order valence-electron chi connectivity index (χ0n) is 25.5. The lowest BCUT2D eigenvalue weighted by atomic mass is 9.72. The third-order valence-corrected chi connectivity index (χ3v) is 10.2. The van der Waals surface area contributed by atoms with Crippen LogP contribution in [0.1, 0.15) is 24.0 Å². The summed E-state index contributed by atoms with van der Waals surface area (Å²) >= 11 is 19.6. The quantitative estimate of drug-likeness (QED) is 0.134. The Balaban J connectivity index is 1.18. The number of hydrogen-bond acceptors (Lipinski definition) is 8. The summed E-state index contributed by atoms with van der Waals surface area (Å²) in [5.74, 6) is 1.06. The molecule has 6 rings (SSSR count). The SMILES string of the molecule is COc1cc2c(Nc3cc(OCc4cccc(F)c4)c(Cl)cc3Cl)c(C#N)cnc2cc1OCCN1CCC2(CC1)CN(C)C2Cl. The van der Waals surface area contributed by atoms with Crippen molar-refractivity contribution >= 4 is 57.1 Å². The Morgan fingerprint density at radius 2 is 1.87 bits per heavy atom. The Morgan fingerprint density at radius 1 is 1.07 bits per heavy atom. The highest BCUT2D eigenvalue weighted by Crippen LogP contribution is 2.47. The first-order chi connectivity index (χ1) is 22.2. The normalized spacial score (nSPS) is 17.8. The van der Waals surface area contributed by atoms with E-state index in [1.54, 1.807) is 37.4 Å². The van der Waals surface area contributed by atoms with Crippen LogP contribution in [0, 0.1) is 22.6 Å². The molecule has 0 radical (unpaired) electrons. The van der Waals surface area contributed by atoms with Crippen LogP contribution < -0.4 is 19.5 Å². The number of methoxy groups -OCH3 is 1. The van der Waals surface area contributed by atoms with Gasteiger partial charge in [-0.3, -0.25) is 14.8 Å². The number of aromatic nitrogens is 1. The summed E-state index contributed by atoms with van der Waals surface area (Å²) < 4.78 is 31.4. The van der Waals surface area contributed by atoms with Gasteiger partial charge in [-0.25, -0.2) is 4.39 Å². The smallest absolute Gasteiger partial charge is 0.163 e. The average molecular weight is 685 g/mol. The van der Waals surface area contributed by atoms with E-state index in [0.29, 0.717) is 67.3 Å². The van der Waals surface area contributed by atoms with Crippen molar-refractivity contribution in [2.75, 3.05) is 52.3 Å². The molecule has 3 aromatic carbocycles. The number of hydrogen-bond donors (Lipinski definition) is 1. The highest BCUT2D eigenvalue weighted by Gasteiger charge is 2.50. The van der Waals surface area contributed by atoms with Gasteiger partial charge in [-0.05, 0) is 62.8 Å². The second-order valence-electron chi connectivity index (χ2n) is 11.8. The number of anilines is 2. The molecular formula is C34H33Cl3FN5O3. The molecule has 2 fully saturated rings. The maximum absolute atomic E-state index is 13.6. The largest absolute Gasteiger partial charge is 0.493 e. The van der Waals surface area contributed by atoms with Crippen LogP contribution in [0.4, 0.5) is 15.8 Å². The highest BCUT2D eigenvalue weighted by atomic mass is 35.5. The molecule has 1 atom stereocenters. The predicted octanol–water partition coefficient (Wildman–Crippen LogP) is 7.85. The molecule has 1 spiro atoms. The fraction of sp³-hybridized carbons (Fsp3) is 0.353. The molecule has 3 heterocycles. The summed E-state index contributed by atoms with van der Waals surface area (Å²) in [6.07, 6.45) is 3.67. The lowest BCUT2D eigenvalue weighted by molar-refractivity contribution is -0.0557. The summed E-state index contributed by atoms with van der Waals surface area (Å²) in [7, 11) is 3.65. The number of nitriles is 1. The predicted molar refractivity (Wildman–Crippen MR) is 179 cm³/mol. The molecule has 4 aromatic rings. The topological polar surface area (TPSA) is 82.9 Å². The van der Waals surface area contributed by atoms with E-state index in [1.807, 2.05) is 6.07 Å². The number of pyridine rings is 1. The Kier molecular flexibility index (Phi) is 9.64. The molecule has 1 N–H and O–H groups in total. The monoisotopic (exact) mass is 683 g/mol. The van der Waals surface area contributed by atoms with Gasteiger partial charge in [0.25, 0.3) is 0 Å². The van der Waals surface area contributed by atoms with Gasteiger partial charge < -0.3 is 19.5 Å². The molecule has 1 unspecified atom stereocenters. The maximum Gasteiger partial charge on any atom is 0.163 e. The van der Waals surface area contributed by atoms with E-state index in [0.717, 1.165) is 39.0 Å². The van der Waals surface area contributed by atoms with Crippen LogP contribution in [0.15, 0.2) is 54.7 Å². The number of fused-ring (bicyclic) bond motifs is 1. The zero-order valence-corrected chi connectivity index (χ0v) is 27.7. The molecule has 8 nitrogen and oxygen atoms in total. The summed E-state index contributed by atoms with van der Waals surface area (Å²) in [5, 5.41) is 14.5. The van der Waals surface area contributed by atoms with Gasteiger partial charge in [-0.2, -0.15) is 5.26 Å². The highest BCUT2D eigenvalue weighted by molar-refractivity contribution is 6.37. The van der Waals surface area contributed by atoms with Crippen LogP contribution in [0.25, 0.3) is 10.9 Å². The first-order valence-electron chi connectivity index (χ1n) is 14.9. The van der Waals surface area contributed by atoms with Crippen molar-refractivity contribution in [3.8, 4) is 23.3 Å². The number of likely N-dealkylation sites (tertiary alicyclic amines) is 2.